The third kappa shape index (κ3) is 4.69. The summed E-state index contributed by atoms with van der Waals surface area (Å²) in [6.45, 7) is 0.623. The van der Waals surface area contributed by atoms with Gasteiger partial charge in [0.15, 0.2) is 0 Å². The quantitative estimate of drug-likeness (QED) is 0.907. The molecule has 6 heteroatoms. The van der Waals surface area contributed by atoms with Crippen molar-refractivity contribution in [2.45, 2.75) is 25.2 Å². The zero-order valence-corrected chi connectivity index (χ0v) is 11.3. The van der Waals surface area contributed by atoms with Gasteiger partial charge in [-0.05, 0) is 12.0 Å². The van der Waals surface area contributed by atoms with Gasteiger partial charge in [-0.2, -0.15) is 0 Å². The molecule has 4 nitrogen and oxygen atoms in total. The summed E-state index contributed by atoms with van der Waals surface area (Å²) in [4.78, 5) is 13.1. The number of alkyl halides is 1. The fraction of sp³-hybridized carbons (Fsp3) is 0.462. The lowest BCUT2D eigenvalue weighted by Crippen LogP contribution is -2.50. The topological polar surface area (TPSA) is 55.6 Å². The van der Waals surface area contributed by atoms with Crippen molar-refractivity contribution in [3.05, 3.63) is 35.9 Å². The van der Waals surface area contributed by atoms with Gasteiger partial charge < -0.3 is 15.4 Å². The van der Waals surface area contributed by atoms with Gasteiger partial charge in [-0.1, -0.05) is 30.3 Å². The number of nitrogens with two attached hydrogens (primary N) is 1. The molecule has 0 unspecified atom stereocenters. The van der Waals surface area contributed by atoms with Crippen molar-refractivity contribution < 1.29 is 13.9 Å². The Balaban J connectivity index is 0.00000180. The highest BCUT2D eigenvalue weighted by Gasteiger charge is 2.28. The molecule has 2 atom stereocenters. The molecule has 0 bridgehead atoms. The molecule has 106 valence electrons. The number of amides is 1. The summed E-state index contributed by atoms with van der Waals surface area (Å²) in [5.41, 5.74) is 6.58. The molecule has 1 saturated heterocycles. The molecule has 0 spiro atoms. The first kappa shape index (κ1) is 15.7. The second-order valence-electron chi connectivity index (χ2n) is 4.54. The van der Waals surface area contributed by atoms with E-state index in [9.17, 15) is 9.18 Å². The van der Waals surface area contributed by atoms with Crippen LogP contribution in [0.5, 0.6) is 0 Å². The van der Waals surface area contributed by atoms with Crippen molar-refractivity contribution >= 4 is 18.5 Å². The fourth-order valence-corrected chi connectivity index (χ4v) is 2.03. The second-order valence-corrected chi connectivity index (χ2v) is 4.54. The van der Waals surface area contributed by atoms with Crippen LogP contribution in [0.3, 0.4) is 0 Å². The van der Waals surface area contributed by atoms with Crippen LogP contribution < -0.4 is 5.73 Å². The number of hydrogen-bond donors (Lipinski definition) is 1. The van der Waals surface area contributed by atoms with Crippen LogP contribution in [-0.2, 0) is 11.3 Å². The molecule has 2 rings (SSSR count). The molecule has 1 heterocycles. The number of benzene rings is 1. The molecule has 0 aliphatic carbocycles. The van der Waals surface area contributed by atoms with E-state index in [4.69, 9.17) is 10.5 Å². The highest BCUT2D eigenvalue weighted by atomic mass is 35.5. The predicted octanol–water partition coefficient (Wildman–Crippen LogP) is 2.12. The van der Waals surface area contributed by atoms with Crippen molar-refractivity contribution in [2.24, 2.45) is 5.73 Å². The number of likely N-dealkylation sites (tertiary alicyclic amines) is 1. The van der Waals surface area contributed by atoms with Gasteiger partial charge in [0.2, 0.25) is 0 Å². The predicted molar refractivity (Wildman–Crippen MR) is 72.9 cm³/mol. The summed E-state index contributed by atoms with van der Waals surface area (Å²) in [6.07, 6.45) is -1.25. The van der Waals surface area contributed by atoms with Gasteiger partial charge in [-0.25, -0.2) is 9.18 Å². The average molecular weight is 289 g/mol. The van der Waals surface area contributed by atoms with Crippen LogP contribution in [-0.4, -0.2) is 36.3 Å². The second kappa shape index (κ2) is 7.31. The van der Waals surface area contributed by atoms with Crippen LogP contribution in [0.1, 0.15) is 12.0 Å². The van der Waals surface area contributed by atoms with Gasteiger partial charge in [-0.15, -0.1) is 12.4 Å². The third-order valence-electron chi connectivity index (χ3n) is 2.90. The van der Waals surface area contributed by atoms with Crippen LogP contribution in [0, 0.1) is 0 Å². The van der Waals surface area contributed by atoms with Crippen molar-refractivity contribution in [3.8, 4) is 0 Å². The molecule has 2 N–H and O–H groups in total. The standard InChI is InChI=1S/C13H17FN2O2.ClH/c14-11-6-12(15)8-16(7-11)13(17)18-9-10-4-2-1-3-5-10;/h1-5,11-12H,6-9,15H2;1H/t11-,12-;/m0./s1. The minimum Gasteiger partial charge on any atom is -0.445 e. The Morgan fingerprint density at radius 1 is 1.37 bits per heavy atom. The minimum absolute atomic E-state index is 0. The minimum atomic E-state index is -1.06. The van der Waals surface area contributed by atoms with E-state index < -0.39 is 12.3 Å². The molecule has 0 saturated carbocycles. The van der Waals surface area contributed by atoms with Gasteiger partial charge in [-0.3, -0.25) is 0 Å². The highest BCUT2D eigenvalue weighted by Crippen LogP contribution is 2.14. The highest BCUT2D eigenvalue weighted by molar-refractivity contribution is 5.85. The Bertz CT molecular complexity index is 395. The molecule has 1 aromatic rings. The number of rotatable bonds is 2. The van der Waals surface area contributed by atoms with Gasteiger partial charge in [0, 0.05) is 12.6 Å². The number of piperidine rings is 1. The zero-order chi connectivity index (χ0) is 13.0. The van der Waals surface area contributed by atoms with Crippen LogP contribution in [0.15, 0.2) is 30.3 Å². The first-order chi connectivity index (χ1) is 8.65. The normalized spacial score (nSPS) is 22.5. The number of carbonyl (C=O) groups excluding carboxylic acids is 1. The monoisotopic (exact) mass is 288 g/mol. The van der Waals surface area contributed by atoms with Crippen LogP contribution in [0.2, 0.25) is 0 Å². The van der Waals surface area contributed by atoms with Crippen molar-refractivity contribution in [1.29, 1.82) is 0 Å². The molecule has 0 aromatic heterocycles. The molecular weight excluding hydrogens is 271 g/mol. The summed E-state index contributed by atoms with van der Waals surface area (Å²) in [5.74, 6) is 0. The molecule has 0 radical (unpaired) electrons. The number of hydrogen-bond acceptors (Lipinski definition) is 3. The van der Waals surface area contributed by atoms with E-state index in [1.54, 1.807) is 0 Å². The molecule has 1 aliphatic rings. The Morgan fingerprint density at radius 3 is 2.68 bits per heavy atom. The van der Waals surface area contributed by atoms with Gasteiger partial charge in [0.1, 0.15) is 12.8 Å². The maximum absolute atomic E-state index is 13.3. The molecule has 1 aliphatic heterocycles. The van der Waals surface area contributed by atoms with Gasteiger partial charge >= 0.3 is 6.09 Å². The van der Waals surface area contributed by atoms with Crippen LogP contribution >= 0.6 is 12.4 Å². The molecular formula is C13H18ClFN2O2. The van der Waals surface area contributed by atoms with E-state index in [1.807, 2.05) is 30.3 Å². The lowest BCUT2D eigenvalue weighted by Gasteiger charge is -2.32. The Morgan fingerprint density at radius 2 is 2.05 bits per heavy atom. The van der Waals surface area contributed by atoms with E-state index >= 15 is 0 Å². The number of nitrogens with zero attached hydrogens (tertiary/aromatic N) is 1. The van der Waals surface area contributed by atoms with E-state index in [1.165, 1.54) is 4.90 Å². The number of halogens is 2. The smallest absolute Gasteiger partial charge is 0.410 e. The number of carbonyl (C=O) groups is 1. The maximum Gasteiger partial charge on any atom is 0.410 e. The maximum atomic E-state index is 13.3. The molecule has 1 aromatic carbocycles. The molecule has 1 fully saturated rings. The van der Waals surface area contributed by atoms with Crippen molar-refractivity contribution in [2.75, 3.05) is 13.1 Å². The summed E-state index contributed by atoms with van der Waals surface area (Å²) in [5, 5.41) is 0. The van der Waals surface area contributed by atoms with Crippen LogP contribution in [0.4, 0.5) is 9.18 Å². The third-order valence-corrected chi connectivity index (χ3v) is 2.90. The van der Waals surface area contributed by atoms with Crippen molar-refractivity contribution in [1.82, 2.24) is 4.90 Å². The van der Waals surface area contributed by atoms with E-state index in [0.29, 0.717) is 13.0 Å². The van der Waals surface area contributed by atoms with Gasteiger partial charge in [0.05, 0.1) is 6.54 Å². The van der Waals surface area contributed by atoms with E-state index in [-0.39, 0.29) is 31.6 Å². The average Bonchev–Trinajstić information content (AvgIpc) is 2.36. The van der Waals surface area contributed by atoms with Crippen LogP contribution in [0.25, 0.3) is 0 Å². The van der Waals surface area contributed by atoms with Gasteiger partial charge in [0.25, 0.3) is 0 Å². The fourth-order valence-electron chi connectivity index (χ4n) is 2.03. The lowest BCUT2D eigenvalue weighted by molar-refractivity contribution is 0.0666. The Hall–Kier alpha value is -1.33. The molecule has 1 amide bonds. The SMILES string of the molecule is Cl.N[C@H]1C[C@H](F)CN(C(=O)OCc2ccccc2)C1. The first-order valence-electron chi connectivity index (χ1n) is 6.00. The summed E-state index contributed by atoms with van der Waals surface area (Å²) < 4.78 is 18.4. The van der Waals surface area contributed by atoms with E-state index in [0.717, 1.165) is 5.56 Å². The Kier molecular flexibility index (Phi) is 6.05. The number of ether oxygens (including phenoxy) is 1. The largest absolute Gasteiger partial charge is 0.445 e. The Labute approximate surface area is 118 Å². The summed E-state index contributed by atoms with van der Waals surface area (Å²) >= 11 is 0. The summed E-state index contributed by atoms with van der Waals surface area (Å²) in [7, 11) is 0. The first-order valence-corrected chi connectivity index (χ1v) is 6.00. The lowest BCUT2D eigenvalue weighted by atomic mass is 10.1. The van der Waals surface area contributed by atoms with E-state index in [2.05, 4.69) is 0 Å². The zero-order valence-electron chi connectivity index (χ0n) is 10.5. The summed E-state index contributed by atoms with van der Waals surface area (Å²) in [6, 6.07) is 9.07. The molecule has 19 heavy (non-hydrogen) atoms. The van der Waals surface area contributed by atoms with Crippen molar-refractivity contribution in [3.63, 3.8) is 0 Å².